The number of sulfone groups is 1. The summed E-state index contributed by atoms with van der Waals surface area (Å²) in [5.41, 5.74) is 1.31. The number of benzene rings is 1. The van der Waals surface area contributed by atoms with Crippen molar-refractivity contribution >= 4 is 9.84 Å². The molecule has 0 aliphatic rings. The van der Waals surface area contributed by atoms with E-state index >= 15 is 0 Å². The zero-order valence-electron chi connectivity index (χ0n) is 12.1. The minimum atomic E-state index is -3.33. The van der Waals surface area contributed by atoms with E-state index in [1.807, 2.05) is 13.8 Å². The molecule has 108 valence electrons. The number of hydrogen-bond donors (Lipinski definition) is 1. The molecule has 19 heavy (non-hydrogen) atoms. The van der Waals surface area contributed by atoms with Crippen LogP contribution in [0, 0.1) is 12.7 Å². The van der Waals surface area contributed by atoms with E-state index in [9.17, 15) is 12.8 Å². The first-order valence-corrected chi connectivity index (χ1v) is 8.19. The van der Waals surface area contributed by atoms with Crippen molar-refractivity contribution in [2.24, 2.45) is 0 Å². The van der Waals surface area contributed by atoms with Crippen LogP contribution < -0.4 is 5.32 Å². The fraction of sp³-hybridized carbons (Fsp3) is 0.571. The summed E-state index contributed by atoms with van der Waals surface area (Å²) in [7, 11) is -3.33. The molecule has 0 radical (unpaired) electrons. The summed E-state index contributed by atoms with van der Waals surface area (Å²) in [6.07, 6.45) is 1.19. The zero-order chi connectivity index (χ0) is 14.8. The van der Waals surface area contributed by atoms with Gasteiger partial charge < -0.3 is 5.32 Å². The molecule has 0 fully saturated rings. The molecule has 0 amide bonds. The third-order valence-electron chi connectivity index (χ3n) is 3.52. The fourth-order valence-electron chi connectivity index (χ4n) is 2.03. The van der Waals surface area contributed by atoms with Gasteiger partial charge in [0.05, 0.1) is 10.8 Å². The van der Waals surface area contributed by atoms with Crippen LogP contribution in [-0.2, 0) is 9.84 Å². The molecular formula is C14H22FNO2S. The van der Waals surface area contributed by atoms with Gasteiger partial charge in [0, 0.05) is 11.8 Å². The first kappa shape index (κ1) is 16.1. The first-order chi connectivity index (χ1) is 8.61. The highest BCUT2D eigenvalue weighted by Crippen LogP contribution is 2.33. The summed E-state index contributed by atoms with van der Waals surface area (Å²) >= 11 is 0. The highest BCUT2D eigenvalue weighted by Gasteiger charge is 2.40. The van der Waals surface area contributed by atoms with Crippen LogP contribution in [0.1, 0.15) is 37.9 Å². The van der Waals surface area contributed by atoms with Crippen molar-refractivity contribution in [3.8, 4) is 0 Å². The summed E-state index contributed by atoms with van der Waals surface area (Å²) in [5.74, 6) is -0.381. The lowest BCUT2D eigenvalue weighted by Gasteiger charge is -2.34. The lowest BCUT2D eigenvalue weighted by Crippen LogP contribution is -2.45. The van der Waals surface area contributed by atoms with Crippen LogP contribution in [0.25, 0.3) is 0 Å². The molecule has 0 saturated carbocycles. The summed E-state index contributed by atoms with van der Waals surface area (Å²) in [6.45, 7) is 7.55. The SMILES string of the molecule is CCNC(c1cc(C)ccc1F)C(C)(C)S(C)(=O)=O. The van der Waals surface area contributed by atoms with Crippen LogP contribution in [0.15, 0.2) is 18.2 Å². The maximum Gasteiger partial charge on any atom is 0.154 e. The van der Waals surface area contributed by atoms with E-state index in [2.05, 4.69) is 5.32 Å². The second-order valence-electron chi connectivity index (χ2n) is 5.39. The Morgan fingerprint density at radius 3 is 2.42 bits per heavy atom. The predicted molar refractivity (Wildman–Crippen MR) is 76.5 cm³/mol. The number of aryl methyl sites for hydroxylation is 1. The lowest BCUT2D eigenvalue weighted by atomic mass is 9.93. The van der Waals surface area contributed by atoms with Gasteiger partial charge in [-0.05, 0) is 33.4 Å². The van der Waals surface area contributed by atoms with Crippen molar-refractivity contribution in [2.75, 3.05) is 12.8 Å². The quantitative estimate of drug-likeness (QED) is 0.905. The van der Waals surface area contributed by atoms with Crippen molar-refractivity contribution in [2.45, 2.75) is 38.5 Å². The molecule has 1 aromatic rings. The molecule has 1 atom stereocenters. The van der Waals surface area contributed by atoms with Crippen molar-refractivity contribution in [3.05, 3.63) is 35.1 Å². The fourth-order valence-corrected chi connectivity index (χ4v) is 2.67. The van der Waals surface area contributed by atoms with Crippen LogP contribution in [0.5, 0.6) is 0 Å². The standard InChI is InChI=1S/C14H22FNO2S/c1-6-16-13(14(3,4)19(5,17)18)11-9-10(2)7-8-12(11)15/h7-9,13,16H,6H2,1-5H3. The number of rotatable bonds is 5. The second kappa shape index (κ2) is 5.59. The Bertz CT molecular complexity index is 553. The molecule has 5 heteroatoms. The summed E-state index contributed by atoms with van der Waals surface area (Å²) in [4.78, 5) is 0. The maximum atomic E-state index is 14.0. The normalized spacial score (nSPS) is 14.4. The summed E-state index contributed by atoms with van der Waals surface area (Å²) < 4.78 is 36.9. The van der Waals surface area contributed by atoms with Crippen LogP contribution in [0.2, 0.25) is 0 Å². The molecule has 0 saturated heterocycles. The molecule has 3 nitrogen and oxygen atoms in total. The number of halogens is 1. The van der Waals surface area contributed by atoms with Crippen molar-refractivity contribution < 1.29 is 12.8 Å². The average molecular weight is 287 g/mol. The van der Waals surface area contributed by atoms with Crippen LogP contribution in [0.4, 0.5) is 4.39 Å². The van der Waals surface area contributed by atoms with Gasteiger partial charge in [-0.2, -0.15) is 0 Å². The van der Waals surface area contributed by atoms with Gasteiger partial charge in [-0.25, -0.2) is 12.8 Å². The van der Waals surface area contributed by atoms with Gasteiger partial charge in [-0.15, -0.1) is 0 Å². The van der Waals surface area contributed by atoms with Crippen LogP contribution >= 0.6 is 0 Å². The number of nitrogens with one attached hydrogen (secondary N) is 1. The van der Waals surface area contributed by atoms with Crippen LogP contribution in [0.3, 0.4) is 0 Å². The Kier molecular flexibility index (Phi) is 4.74. The molecule has 0 aliphatic carbocycles. The molecule has 1 aromatic carbocycles. The van der Waals surface area contributed by atoms with Crippen molar-refractivity contribution in [1.29, 1.82) is 0 Å². The van der Waals surface area contributed by atoms with E-state index in [0.29, 0.717) is 12.1 Å². The van der Waals surface area contributed by atoms with Gasteiger partial charge >= 0.3 is 0 Å². The van der Waals surface area contributed by atoms with E-state index in [1.54, 1.807) is 26.0 Å². The third kappa shape index (κ3) is 3.34. The first-order valence-electron chi connectivity index (χ1n) is 6.30. The third-order valence-corrected chi connectivity index (χ3v) is 5.67. The van der Waals surface area contributed by atoms with Crippen molar-refractivity contribution in [1.82, 2.24) is 5.32 Å². The van der Waals surface area contributed by atoms with Gasteiger partial charge in [-0.3, -0.25) is 0 Å². The largest absolute Gasteiger partial charge is 0.309 e. The molecule has 0 spiro atoms. The smallest absolute Gasteiger partial charge is 0.154 e. The van der Waals surface area contributed by atoms with E-state index in [-0.39, 0.29) is 5.82 Å². The minimum Gasteiger partial charge on any atom is -0.309 e. The van der Waals surface area contributed by atoms with E-state index in [4.69, 9.17) is 0 Å². The average Bonchev–Trinajstić information content (AvgIpc) is 2.28. The predicted octanol–water partition coefficient (Wildman–Crippen LogP) is 2.61. The van der Waals surface area contributed by atoms with Gasteiger partial charge in [-0.1, -0.05) is 24.6 Å². The van der Waals surface area contributed by atoms with Gasteiger partial charge in [0.15, 0.2) is 9.84 Å². The Labute approximate surface area is 115 Å². The molecule has 0 bridgehead atoms. The Balaban J connectivity index is 3.40. The van der Waals surface area contributed by atoms with Gasteiger partial charge in [0.2, 0.25) is 0 Å². The van der Waals surface area contributed by atoms with Gasteiger partial charge in [0.25, 0.3) is 0 Å². The molecule has 0 heterocycles. The lowest BCUT2D eigenvalue weighted by molar-refractivity contribution is 0.413. The van der Waals surface area contributed by atoms with Gasteiger partial charge in [0.1, 0.15) is 5.82 Å². The maximum absolute atomic E-state index is 14.0. The zero-order valence-corrected chi connectivity index (χ0v) is 12.9. The summed E-state index contributed by atoms with van der Waals surface area (Å²) in [5, 5.41) is 3.09. The monoisotopic (exact) mass is 287 g/mol. The summed E-state index contributed by atoms with van der Waals surface area (Å²) in [6, 6.07) is 4.19. The molecular weight excluding hydrogens is 265 g/mol. The van der Waals surface area contributed by atoms with Crippen molar-refractivity contribution in [3.63, 3.8) is 0 Å². The Morgan fingerprint density at radius 1 is 1.37 bits per heavy atom. The topological polar surface area (TPSA) is 46.2 Å². The Hall–Kier alpha value is -0.940. The van der Waals surface area contributed by atoms with E-state index in [0.717, 1.165) is 5.56 Å². The van der Waals surface area contributed by atoms with E-state index in [1.165, 1.54) is 12.3 Å². The highest BCUT2D eigenvalue weighted by molar-refractivity contribution is 7.92. The van der Waals surface area contributed by atoms with Crippen LogP contribution in [-0.4, -0.2) is 26.0 Å². The second-order valence-corrected chi connectivity index (χ2v) is 7.99. The minimum absolute atomic E-state index is 0.381. The van der Waals surface area contributed by atoms with E-state index < -0.39 is 20.6 Å². The molecule has 0 aliphatic heterocycles. The molecule has 1 N–H and O–H groups in total. The molecule has 1 rings (SSSR count). The number of hydrogen-bond acceptors (Lipinski definition) is 3. The highest BCUT2D eigenvalue weighted by atomic mass is 32.2. The molecule has 1 unspecified atom stereocenters. The Morgan fingerprint density at radius 2 is 1.95 bits per heavy atom. The molecule has 0 aromatic heterocycles.